The van der Waals surface area contributed by atoms with Crippen molar-refractivity contribution in [2.75, 3.05) is 16.2 Å². The fraction of sp³-hybridized carbons (Fsp3) is 0.316. The smallest absolute Gasteiger partial charge is 0.236 e. The maximum absolute atomic E-state index is 13.3. The van der Waals surface area contributed by atoms with Gasteiger partial charge in [-0.3, -0.25) is 9.52 Å². The van der Waals surface area contributed by atoms with Crippen molar-refractivity contribution in [3.8, 4) is 0 Å². The molecule has 1 saturated carbocycles. The van der Waals surface area contributed by atoms with Gasteiger partial charge in [-0.1, -0.05) is 18.2 Å². The average Bonchev–Trinajstić information content (AvgIpc) is 3.33. The number of carbonyl (C=O) groups excluding carboxylic acids is 1. The number of hydrogen-bond acceptors (Lipinski definition) is 3. The van der Waals surface area contributed by atoms with E-state index >= 15 is 0 Å². The molecule has 1 fully saturated rings. The highest BCUT2D eigenvalue weighted by atomic mass is 32.2. The number of benzene rings is 2. The summed E-state index contributed by atoms with van der Waals surface area (Å²) >= 11 is 0. The van der Waals surface area contributed by atoms with Crippen LogP contribution in [0.25, 0.3) is 0 Å². The maximum Gasteiger partial charge on any atom is 0.236 e. The van der Waals surface area contributed by atoms with Crippen LogP contribution in [-0.4, -0.2) is 20.9 Å². The highest BCUT2D eigenvalue weighted by Gasteiger charge is 2.36. The largest absolute Gasteiger partial charge is 0.312 e. The van der Waals surface area contributed by atoms with Crippen molar-refractivity contribution in [2.24, 2.45) is 5.92 Å². The maximum atomic E-state index is 13.3. The molecule has 1 aliphatic heterocycles. The molecule has 1 aliphatic carbocycles. The highest BCUT2D eigenvalue weighted by molar-refractivity contribution is 7.91. The molecule has 5 nitrogen and oxygen atoms in total. The first kappa shape index (κ1) is 17.0. The van der Waals surface area contributed by atoms with Gasteiger partial charge in [0.15, 0.2) is 0 Å². The Bertz CT molecular complexity index is 970. The number of sulfonamides is 1. The predicted molar refractivity (Wildman–Crippen MR) is 97.9 cm³/mol. The Kier molecular flexibility index (Phi) is 4.19. The zero-order valence-electron chi connectivity index (χ0n) is 14.1. The Morgan fingerprint density at radius 2 is 2.00 bits per heavy atom. The minimum absolute atomic E-state index is 0.120. The molecule has 0 atom stereocenters. The van der Waals surface area contributed by atoms with Crippen molar-refractivity contribution in [1.82, 2.24) is 0 Å². The molecule has 1 N–H and O–H groups in total. The number of amides is 1. The standard InChI is InChI=1S/C19H19FN2O3S/c20-16-3-1-2-13(10-16)12-26(24,25)21-17-7-6-14-8-9-22(18(14)11-17)19(23)15-4-5-15/h1-3,6-7,10-11,15,21H,4-5,8-9,12H2. The van der Waals surface area contributed by atoms with Crippen molar-refractivity contribution < 1.29 is 17.6 Å². The first-order chi connectivity index (χ1) is 12.4. The normalized spacial score (nSPS) is 16.4. The molecule has 4 rings (SSSR count). The van der Waals surface area contributed by atoms with Gasteiger partial charge in [-0.25, -0.2) is 12.8 Å². The Labute approximate surface area is 151 Å². The summed E-state index contributed by atoms with van der Waals surface area (Å²) in [5, 5.41) is 0. The fourth-order valence-electron chi connectivity index (χ4n) is 3.28. The number of halogens is 1. The summed E-state index contributed by atoms with van der Waals surface area (Å²) in [6.07, 6.45) is 2.65. The Morgan fingerprint density at radius 3 is 2.73 bits per heavy atom. The molecule has 1 heterocycles. The van der Waals surface area contributed by atoms with Gasteiger partial charge in [0.2, 0.25) is 15.9 Å². The van der Waals surface area contributed by atoms with Crippen LogP contribution in [-0.2, 0) is 27.0 Å². The molecule has 0 unspecified atom stereocenters. The van der Waals surface area contributed by atoms with Gasteiger partial charge in [-0.05, 0) is 54.7 Å². The van der Waals surface area contributed by atoms with E-state index in [2.05, 4.69) is 4.72 Å². The van der Waals surface area contributed by atoms with Crippen LogP contribution < -0.4 is 9.62 Å². The third kappa shape index (κ3) is 3.58. The summed E-state index contributed by atoms with van der Waals surface area (Å²) in [5.74, 6) is -0.533. The van der Waals surface area contributed by atoms with E-state index in [4.69, 9.17) is 0 Å². The molecule has 0 saturated heterocycles. The molecule has 0 radical (unpaired) electrons. The number of rotatable bonds is 5. The van der Waals surface area contributed by atoms with E-state index in [1.54, 1.807) is 23.1 Å². The van der Waals surface area contributed by atoms with Gasteiger partial charge < -0.3 is 4.90 Å². The third-order valence-electron chi connectivity index (χ3n) is 4.69. The van der Waals surface area contributed by atoms with Crippen molar-refractivity contribution in [3.05, 3.63) is 59.4 Å². The Morgan fingerprint density at radius 1 is 1.19 bits per heavy atom. The van der Waals surface area contributed by atoms with Crippen LogP contribution in [0.5, 0.6) is 0 Å². The van der Waals surface area contributed by atoms with Gasteiger partial charge >= 0.3 is 0 Å². The summed E-state index contributed by atoms with van der Waals surface area (Å²) in [5.41, 5.74) is 2.62. The number of nitrogens with zero attached hydrogens (tertiary/aromatic N) is 1. The monoisotopic (exact) mass is 374 g/mol. The van der Waals surface area contributed by atoms with Gasteiger partial charge in [0, 0.05) is 18.2 Å². The van der Waals surface area contributed by atoms with E-state index in [9.17, 15) is 17.6 Å². The molecular weight excluding hydrogens is 355 g/mol. The van der Waals surface area contributed by atoms with Gasteiger partial charge in [0.05, 0.1) is 11.4 Å². The molecule has 0 spiro atoms. The van der Waals surface area contributed by atoms with Crippen molar-refractivity contribution in [2.45, 2.75) is 25.0 Å². The van der Waals surface area contributed by atoms with Gasteiger partial charge in [-0.2, -0.15) is 0 Å². The lowest BCUT2D eigenvalue weighted by Crippen LogP contribution is -2.30. The summed E-state index contributed by atoms with van der Waals surface area (Å²) in [4.78, 5) is 14.2. The van der Waals surface area contributed by atoms with Crippen LogP contribution in [0.4, 0.5) is 15.8 Å². The van der Waals surface area contributed by atoms with Crippen LogP contribution in [0.2, 0.25) is 0 Å². The molecule has 2 aromatic rings. The molecule has 136 valence electrons. The number of nitrogens with one attached hydrogen (secondary N) is 1. The molecular formula is C19H19FN2O3S. The molecule has 2 aliphatic rings. The first-order valence-corrected chi connectivity index (χ1v) is 10.3. The summed E-state index contributed by atoms with van der Waals surface area (Å²) in [6, 6.07) is 10.8. The number of hydrogen-bond donors (Lipinski definition) is 1. The summed E-state index contributed by atoms with van der Waals surface area (Å²) in [6.45, 7) is 0.643. The zero-order chi connectivity index (χ0) is 18.3. The van der Waals surface area contributed by atoms with Crippen molar-refractivity contribution >= 4 is 27.3 Å². The van der Waals surface area contributed by atoms with E-state index in [-0.39, 0.29) is 17.6 Å². The molecule has 26 heavy (non-hydrogen) atoms. The Hall–Kier alpha value is -2.41. The van der Waals surface area contributed by atoms with Crippen LogP contribution in [0.1, 0.15) is 24.0 Å². The molecule has 0 bridgehead atoms. The minimum Gasteiger partial charge on any atom is -0.312 e. The van der Waals surface area contributed by atoms with Crippen molar-refractivity contribution in [3.63, 3.8) is 0 Å². The molecule has 2 aromatic carbocycles. The van der Waals surface area contributed by atoms with Gasteiger partial charge in [0.1, 0.15) is 5.82 Å². The van der Waals surface area contributed by atoms with Crippen LogP contribution in [0, 0.1) is 11.7 Å². The van der Waals surface area contributed by atoms with E-state index in [0.717, 1.165) is 30.5 Å². The molecule has 0 aromatic heterocycles. The fourth-order valence-corrected chi connectivity index (χ4v) is 4.46. The third-order valence-corrected chi connectivity index (χ3v) is 5.95. The second kappa shape index (κ2) is 6.39. The minimum atomic E-state index is -3.68. The SMILES string of the molecule is O=C(C1CC1)N1CCc2ccc(NS(=O)(=O)Cc3cccc(F)c3)cc21. The summed E-state index contributed by atoms with van der Waals surface area (Å²) in [7, 11) is -3.68. The number of fused-ring (bicyclic) bond motifs is 1. The second-order valence-electron chi connectivity index (χ2n) is 6.85. The number of anilines is 2. The summed E-state index contributed by atoms with van der Waals surface area (Å²) < 4.78 is 40.6. The van der Waals surface area contributed by atoms with E-state index in [0.29, 0.717) is 17.8 Å². The highest BCUT2D eigenvalue weighted by Crippen LogP contribution is 2.37. The Balaban J connectivity index is 1.53. The van der Waals surface area contributed by atoms with E-state index in [1.165, 1.54) is 18.2 Å². The number of carbonyl (C=O) groups is 1. The lowest BCUT2D eigenvalue weighted by Gasteiger charge is -2.18. The predicted octanol–water partition coefficient (Wildman–Crippen LogP) is 3.07. The van der Waals surface area contributed by atoms with E-state index < -0.39 is 15.8 Å². The van der Waals surface area contributed by atoms with E-state index in [1.807, 2.05) is 6.07 Å². The van der Waals surface area contributed by atoms with Crippen molar-refractivity contribution in [1.29, 1.82) is 0 Å². The lowest BCUT2D eigenvalue weighted by atomic mass is 10.1. The topological polar surface area (TPSA) is 66.5 Å². The molecule has 7 heteroatoms. The first-order valence-electron chi connectivity index (χ1n) is 8.60. The van der Waals surface area contributed by atoms with Crippen LogP contribution in [0.15, 0.2) is 42.5 Å². The van der Waals surface area contributed by atoms with Gasteiger partial charge in [0.25, 0.3) is 0 Å². The second-order valence-corrected chi connectivity index (χ2v) is 8.57. The average molecular weight is 374 g/mol. The quantitative estimate of drug-likeness (QED) is 0.875. The van der Waals surface area contributed by atoms with Gasteiger partial charge in [-0.15, -0.1) is 0 Å². The van der Waals surface area contributed by atoms with Crippen LogP contribution >= 0.6 is 0 Å². The van der Waals surface area contributed by atoms with Crippen LogP contribution in [0.3, 0.4) is 0 Å². The lowest BCUT2D eigenvalue weighted by molar-refractivity contribution is -0.119. The molecule has 1 amide bonds. The zero-order valence-corrected chi connectivity index (χ0v) is 14.9.